The van der Waals surface area contributed by atoms with Gasteiger partial charge in [0.25, 0.3) is 0 Å². The summed E-state index contributed by atoms with van der Waals surface area (Å²) in [6, 6.07) is 0. The van der Waals surface area contributed by atoms with Crippen LogP contribution in [0.4, 0.5) is 0 Å². The number of likely N-dealkylation sites (N-methyl/N-ethyl adjacent to an activating group) is 1. The van der Waals surface area contributed by atoms with Crippen LogP contribution in [0.25, 0.3) is 0 Å². The second-order valence-corrected chi connectivity index (χ2v) is 7.07. The van der Waals surface area contributed by atoms with E-state index < -0.39 is 0 Å². The number of alkyl halides is 1. The summed E-state index contributed by atoms with van der Waals surface area (Å²) in [6.07, 6.45) is 0. The summed E-state index contributed by atoms with van der Waals surface area (Å²) in [7, 11) is 2.38. The Morgan fingerprint density at radius 2 is 2.25 bits per heavy atom. The minimum atomic E-state index is 0.471. The van der Waals surface area contributed by atoms with Crippen molar-refractivity contribution in [3.05, 3.63) is 0 Å². The Labute approximate surface area is 60.4 Å². The second-order valence-electron chi connectivity index (χ2n) is 2.68. The number of quaternary nitrogens is 1. The summed E-state index contributed by atoms with van der Waals surface area (Å²) in [6.45, 7) is 4.25. The van der Waals surface area contributed by atoms with Crippen molar-refractivity contribution < 1.29 is 24.2 Å². The van der Waals surface area contributed by atoms with Gasteiger partial charge in [-0.15, -0.1) is 0 Å². The van der Waals surface area contributed by atoms with Crippen LogP contribution >= 0.6 is 0 Å². The molecular weight excluding hydrogens is 215 g/mol. The summed E-state index contributed by atoms with van der Waals surface area (Å²) < 4.78 is 2.43. The average Bonchev–Trinajstić information content (AvgIpc) is 2.49. The van der Waals surface area contributed by atoms with Gasteiger partial charge in [-0.3, -0.25) is 0 Å². The van der Waals surface area contributed by atoms with Crippen LogP contribution in [0, 0.1) is 0 Å². The van der Waals surface area contributed by atoms with Crippen LogP contribution < -0.4 is 26.8 Å². The molecule has 0 aromatic carbocycles. The number of hydrogen-bond acceptors (Lipinski definition) is 1. The van der Waals surface area contributed by atoms with E-state index in [2.05, 4.69) is 12.4 Å². The zero-order valence-corrected chi connectivity index (χ0v) is 7.18. The molecule has 0 aromatic heterocycles. The third kappa shape index (κ3) is 1.14. The molecule has 2 aliphatic heterocycles. The van der Waals surface area contributed by atoms with Crippen molar-refractivity contribution in [2.75, 3.05) is 26.7 Å². The van der Waals surface area contributed by atoms with E-state index in [0.29, 0.717) is 21.5 Å². The SMILES string of the molecule is C[N+]1([I-]C2CN2)CC1. The predicted octanol–water partition coefficient (Wildman–Crippen LogP) is -3.62. The molecule has 2 heterocycles. The van der Waals surface area contributed by atoms with Crippen LogP contribution in [-0.2, 0) is 0 Å². The van der Waals surface area contributed by atoms with Gasteiger partial charge in [0.05, 0.1) is 0 Å². The Balaban J connectivity index is 1.81. The van der Waals surface area contributed by atoms with Crippen LogP contribution in [0.15, 0.2) is 0 Å². The number of rotatable bonds is 2. The molecule has 3 heteroatoms. The fraction of sp³-hybridized carbons (Fsp3) is 1.00. The Bertz CT molecular complexity index is 107. The van der Waals surface area contributed by atoms with Crippen molar-refractivity contribution in [3.63, 3.8) is 0 Å². The monoisotopic (exact) mass is 226 g/mol. The third-order valence-corrected chi connectivity index (χ3v) is 5.41. The molecule has 2 aliphatic rings. The molecule has 2 saturated heterocycles. The zero-order chi connectivity index (χ0) is 5.61. The summed E-state index contributed by atoms with van der Waals surface area (Å²) in [5.41, 5.74) is 0. The minimum absolute atomic E-state index is 0.471. The molecule has 0 spiro atoms. The van der Waals surface area contributed by atoms with Gasteiger partial charge in [-0.1, -0.05) is 0 Å². The van der Waals surface area contributed by atoms with Crippen molar-refractivity contribution in [1.29, 1.82) is 0 Å². The summed E-state index contributed by atoms with van der Waals surface area (Å²) >= 11 is 0.471. The van der Waals surface area contributed by atoms with E-state index in [9.17, 15) is 0 Å². The molecule has 0 bridgehead atoms. The van der Waals surface area contributed by atoms with E-state index in [1.165, 1.54) is 22.3 Å². The normalized spacial score (nSPS) is 39.9. The number of nitrogens with zero attached hydrogens (tertiary/aromatic N) is 1. The van der Waals surface area contributed by atoms with E-state index in [0.717, 1.165) is 4.05 Å². The van der Waals surface area contributed by atoms with Crippen LogP contribution in [0.2, 0.25) is 0 Å². The Morgan fingerprint density at radius 1 is 1.62 bits per heavy atom. The maximum absolute atomic E-state index is 3.36. The van der Waals surface area contributed by atoms with Crippen molar-refractivity contribution in [2.24, 2.45) is 0 Å². The second kappa shape index (κ2) is 1.58. The Hall–Kier alpha value is 0.650. The molecule has 1 N–H and O–H groups in total. The van der Waals surface area contributed by atoms with Crippen molar-refractivity contribution >= 4 is 0 Å². The van der Waals surface area contributed by atoms with Gasteiger partial charge in [-0.2, -0.15) is 0 Å². The number of hydrogen-bond donors (Lipinski definition) is 1. The molecule has 8 heavy (non-hydrogen) atoms. The van der Waals surface area contributed by atoms with Crippen molar-refractivity contribution in [2.45, 2.75) is 4.05 Å². The molecule has 0 radical (unpaired) electrons. The van der Waals surface area contributed by atoms with E-state index >= 15 is 0 Å². The quantitative estimate of drug-likeness (QED) is 0.170. The van der Waals surface area contributed by atoms with E-state index in [4.69, 9.17) is 0 Å². The van der Waals surface area contributed by atoms with Gasteiger partial charge < -0.3 is 0 Å². The van der Waals surface area contributed by atoms with E-state index in [1.807, 2.05) is 0 Å². The first kappa shape index (κ1) is 5.44. The van der Waals surface area contributed by atoms with Gasteiger partial charge in [0.2, 0.25) is 0 Å². The summed E-state index contributed by atoms with van der Waals surface area (Å²) in [4.78, 5) is 0. The van der Waals surface area contributed by atoms with Gasteiger partial charge >= 0.3 is 60.2 Å². The molecule has 0 aliphatic carbocycles. The predicted molar refractivity (Wildman–Crippen MR) is 27.7 cm³/mol. The standard InChI is InChI=1S/C5H11IN2/c1-8(2-3-8)6-5-4-7-5/h5,7H,2-4H2,1H3. The molecule has 2 nitrogen and oxygen atoms in total. The van der Waals surface area contributed by atoms with Crippen LogP contribution in [-0.4, -0.2) is 33.4 Å². The third-order valence-electron chi connectivity index (χ3n) is 1.55. The first-order valence-electron chi connectivity index (χ1n) is 3.02. The Kier molecular flexibility index (Phi) is 1.07. The summed E-state index contributed by atoms with van der Waals surface area (Å²) in [5.74, 6) is 0. The molecule has 1 unspecified atom stereocenters. The van der Waals surface area contributed by atoms with Crippen LogP contribution in [0.1, 0.15) is 0 Å². The topological polar surface area (TPSA) is 21.9 Å². The van der Waals surface area contributed by atoms with Gasteiger partial charge in [-0.05, 0) is 0 Å². The van der Waals surface area contributed by atoms with Gasteiger partial charge in [0.15, 0.2) is 0 Å². The molecule has 0 amide bonds. The fourth-order valence-corrected chi connectivity index (χ4v) is 3.68. The van der Waals surface area contributed by atoms with Crippen molar-refractivity contribution in [3.8, 4) is 0 Å². The molecule has 0 saturated carbocycles. The average molecular weight is 226 g/mol. The van der Waals surface area contributed by atoms with Gasteiger partial charge in [0, 0.05) is 0 Å². The molecule has 2 rings (SSSR count). The summed E-state index contributed by atoms with van der Waals surface area (Å²) in [5, 5.41) is 3.36. The zero-order valence-electron chi connectivity index (χ0n) is 5.02. The number of nitrogens with one attached hydrogen (secondary N) is 1. The molecular formula is C5H11IN2. The van der Waals surface area contributed by atoms with E-state index in [-0.39, 0.29) is 0 Å². The van der Waals surface area contributed by atoms with Crippen LogP contribution in [0.3, 0.4) is 0 Å². The van der Waals surface area contributed by atoms with Gasteiger partial charge in [0.1, 0.15) is 0 Å². The van der Waals surface area contributed by atoms with Gasteiger partial charge in [-0.25, -0.2) is 0 Å². The first-order chi connectivity index (χ1) is 3.79. The maximum atomic E-state index is 3.36. The van der Waals surface area contributed by atoms with E-state index in [1.54, 1.807) is 0 Å². The molecule has 1 atom stereocenters. The van der Waals surface area contributed by atoms with Crippen LogP contribution in [0.5, 0.6) is 0 Å². The molecule has 0 aromatic rings. The molecule has 2 fully saturated rings. The molecule has 48 valence electrons. The Morgan fingerprint density at radius 3 is 2.62 bits per heavy atom. The first-order valence-corrected chi connectivity index (χ1v) is 5.23. The number of halogens is 1. The van der Waals surface area contributed by atoms with Crippen molar-refractivity contribution in [1.82, 2.24) is 5.32 Å². The fourth-order valence-electron chi connectivity index (χ4n) is 0.633.